The van der Waals surface area contributed by atoms with Crippen LogP contribution in [0.4, 0.5) is 0 Å². The predicted octanol–water partition coefficient (Wildman–Crippen LogP) is 0.334. The fraction of sp³-hybridized carbons (Fsp3) is 0.333. The Hall–Kier alpha value is -2.32. The topological polar surface area (TPSA) is 92.4 Å². The molecule has 0 radical (unpaired) electrons. The second-order valence-electron chi connectivity index (χ2n) is 4.28. The summed E-state index contributed by atoms with van der Waals surface area (Å²) in [7, 11) is 0. The van der Waals surface area contributed by atoms with Gasteiger partial charge in [-0.2, -0.15) is 0 Å². The van der Waals surface area contributed by atoms with Crippen molar-refractivity contribution in [3.63, 3.8) is 0 Å². The molecule has 1 rings (SSSR count). The van der Waals surface area contributed by atoms with Crippen molar-refractivity contribution in [2.75, 3.05) is 13.2 Å². The molecule has 5 heteroatoms. The summed E-state index contributed by atoms with van der Waals surface area (Å²) >= 11 is 0. The largest absolute Gasteiger partial charge is 0.395 e. The fourth-order valence-corrected chi connectivity index (χ4v) is 1.51. The predicted molar refractivity (Wildman–Crippen MR) is 75.9 cm³/mol. The number of carbonyl (C=O) groups excluding carboxylic acids is 2. The summed E-state index contributed by atoms with van der Waals surface area (Å²) in [5.74, 6) is 5.02. The van der Waals surface area contributed by atoms with E-state index in [1.807, 2.05) is 13.0 Å². The van der Waals surface area contributed by atoms with Crippen LogP contribution in [0.2, 0.25) is 0 Å². The Morgan fingerprint density at radius 2 is 2.15 bits per heavy atom. The molecule has 1 aromatic rings. The Bertz CT molecular complexity index is 556. The third-order valence-corrected chi connectivity index (χ3v) is 2.62. The van der Waals surface area contributed by atoms with Crippen LogP contribution in [-0.4, -0.2) is 30.1 Å². The summed E-state index contributed by atoms with van der Waals surface area (Å²) < 4.78 is 0. The maximum atomic E-state index is 11.9. The first-order chi connectivity index (χ1) is 9.54. The molecule has 0 spiro atoms. The van der Waals surface area contributed by atoms with Gasteiger partial charge in [-0.25, -0.2) is 0 Å². The van der Waals surface area contributed by atoms with Gasteiger partial charge in [-0.15, -0.1) is 0 Å². The molecule has 0 atom stereocenters. The van der Waals surface area contributed by atoms with Crippen LogP contribution in [0.1, 0.15) is 34.3 Å². The van der Waals surface area contributed by atoms with Gasteiger partial charge in [0.05, 0.1) is 6.61 Å². The van der Waals surface area contributed by atoms with Crippen molar-refractivity contribution in [1.29, 1.82) is 0 Å². The second-order valence-corrected chi connectivity index (χ2v) is 4.28. The maximum absolute atomic E-state index is 11.9. The Balaban J connectivity index is 2.76. The number of hydrogen-bond donors (Lipinski definition) is 3. The number of benzene rings is 1. The molecule has 0 heterocycles. The van der Waals surface area contributed by atoms with Gasteiger partial charge in [0.2, 0.25) is 5.91 Å². The Morgan fingerprint density at radius 1 is 1.40 bits per heavy atom. The molecule has 0 saturated carbocycles. The van der Waals surface area contributed by atoms with E-state index in [4.69, 9.17) is 10.8 Å². The van der Waals surface area contributed by atoms with E-state index in [9.17, 15) is 9.59 Å². The van der Waals surface area contributed by atoms with Crippen LogP contribution >= 0.6 is 0 Å². The van der Waals surface area contributed by atoms with Gasteiger partial charge in [-0.3, -0.25) is 9.59 Å². The number of rotatable bonds is 5. The molecule has 106 valence electrons. The van der Waals surface area contributed by atoms with Crippen molar-refractivity contribution in [3.05, 3.63) is 34.9 Å². The minimum Gasteiger partial charge on any atom is -0.395 e. The monoisotopic (exact) mass is 274 g/mol. The quantitative estimate of drug-likeness (QED) is 0.676. The van der Waals surface area contributed by atoms with Crippen LogP contribution < -0.4 is 11.1 Å². The molecule has 0 aliphatic rings. The highest BCUT2D eigenvalue weighted by molar-refractivity contribution is 5.94. The van der Waals surface area contributed by atoms with Gasteiger partial charge >= 0.3 is 0 Å². The van der Waals surface area contributed by atoms with Crippen LogP contribution in [0.3, 0.4) is 0 Å². The lowest BCUT2D eigenvalue weighted by Crippen LogP contribution is -2.27. The van der Waals surface area contributed by atoms with Gasteiger partial charge in [0, 0.05) is 30.5 Å². The zero-order chi connectivity index (χ0) is 15.0. The van der Waals surface area contributed by atoms with Crippen LogP contribution in [0, 0.1) is 18.8 Å². The second kappa shape index (κ2) is 7.97. The third-order valence-electron chi connectivity index (χ3n) is 2.62. The molecule has 0 aliphatic carbocycles. The molecule has 0 unspecified atom stereocenters. The lowest BCUT2D eigenvalue weighted by atomic mass is 10.0. The van der Waals surface area contributed by atoms with Gasteiger partial charge in [-0.05, 0) is 24.6 Å². The molecule has 20 heavy (non-hydrogen) atoms. The van der Waals surface area contributed by atoms with E-state index < -0.39 is 5.91 Å². The van der Waals surface area contributed by atoms with Crippen LogP contribution in [-0.2, 0) is 4.79 Å². The molecule has 5 nitrogen and oxygen atoms in total. The summed E-state index contributed by atoms with van der Waals surface area (Å²) in [4.78, 5) is 22.5. The number of amides is 2. The van der Waals surface area contributed by atoms with Gasteiger partial charge in [0.15, 0.2) is 0 Å². The Kier molecular flexibility index (Phi) is 6.27. The third kappa shape index (κ3) is 5.12. The van der Waals surface area contributed by atoms with Crippen molar-refractivity contribution < 1.29 is 14.7 Å². The molecule has 0 saturated heterocycles. The van der Waals surface area contributed by atoms with E-state index >= 15 is 0 Å². The first-order valence-corrected chi connectivity index (χ1v) is 6.31. The van der Waals surface area contributed by atoms with Crippen LogP contribution in [0.15, 0.2) is 18.2 Å². The normalized spacial score (nSPS) is 9.50. The highest BCUT2D eigenvalue weighted by Crippen LogP contribution is 2.10. The molecule has 0 bridgehead atoms. The summed E-state index contributed by atoms with van der Waals surface area (Å²) in [5, 5.41) is 11.3. The number of primary amides is 1. The number of hydrogen-bond acceptors (Lipinski definition) is 3. The number of nitrogens with two attached hydrogens (primary N) is 1. The van der Waals surface area contributed by atoms with Crippen molar-refractivity contribution in [2.24, 2.45) is 5.73 Å². The summed E-state index contributed by atoms with van der Waals surface area (Å²) in [5.41, 5.74) is 7.19. The molecular formula is C15H18N2O3. The number of aryl methyl sites for hydroxylation is 1. The molecule has 0 aromatic heterocycles. The standard InChI is InChI=1S/C15H18N2O3/c1-11-5-6-13(10-12(11)4-2-3-9-18)15(20)17-8-7-14(16)19/h5-6,10,18H,3,7-9H2,1H3,(H2,16,19)(H,17,20). The lowest BCUT2D eigenvalue weighted by molar-refractivity contribution is -0.117. The first kappa shape index (κ1) is 15.7. The fourth-order valence-electron chi connectivity index (χ4n) is 1.51. The van der Waals surface area contributed by atoms with Gasteiger partial charge < -0.3 is 16.2 Å². The molecule has 4 N–H and O–H groups in total. The van der Waals surface area contributed by atoms with E-state index in [1.54, 1.807) is 12.1 Å². The average molecular weight is 274 g/mol. The Labute approximate surface area is 118 Å². The van der Waals surface area contributed by atoms with Gasteiger partial charge in [0.25, 0.3) is 5.91 Å². The first-order valence-electron chi connectivity index (χ1n) is 6.31. The highest BCUT2D eigenvalue weighted by atomic mass is 16.2. The maximum Gasteiger partial charge on any atom is 0.251 e. The zero-order valence-electron chi connectivity index (χ0n) is 11.4. The molecule has 2 amide bonds. The molecule has 0 fully saturated rings. The molecular weight excluding hydrogens is 256 g/mol. The van der Waals surface area contributed by atoms with Crippen molar-refractivity contribution in [2.45, 2.75) is 19.8 Å². The summed E-state index contributed by atoms with van der Waals surface area (Å²) in [6.45, 7) is 2.13. The van der Waals surface area contributed by atoms with E-state index in [0.29, 0.717) is 12.0 Å². The molecule has 1 aromatic carbocycles. The summed E-state index contributed by atoms with van der Waals surface area (Å²) in [6.07, 6.45) is 0.509. The smallest absolute Gasteiger partial charge is 0.251 e. The van der Waals surface area contributed by atoms with Crippen molar-refractivity contribution in [3.8, 4) is 11.8 Å². The van der Waals surface area contributed by atoms with Gasteiger partial charge in [0.1, 0.15) is 0 Å². The zero-order valence-corrected chi connectivity index (χ0v) is 11.4. The summed E-state index contributed by atoms with van der Waals surface area (Å²) in [6, 6.07) is 5.21. The van der Waals surface area contributed by atoms with Crippen molar-refractivity contribution in [1.82, 2.24) is 5.32 Å². The lowest BCUT2D eigenvalue weighted by Gasteiger charge is -2.06. The minimum atomic E-state index is -0.454. The van der Waals surface area contributed by atoms with E-state index in [2.05, 4.69) is 17.2 Å². The molecule has 0 aliphatic heterocycles. The highest BCUT2D eigenvalue weighted by Gasteiger charge is 2.07. The van der Waals surface area contributed by atoms with Gasteiger partial charge in [-0.1, -0.05) is 17.9 Å². The Morgan fingerprint density at radius 3 is 2.80 bits per heavy atom. The van der Waals surface area contributed by atoms with E-state index in [0.717, 1.165) is 11.1 Å². The van der Waals surface area contributed by atoms with E-state index in [1.165, 1.54) is 0 Å². The SMILES string of the molecule is Cc1ccc(C(=O)NCCC(N)=O)cc1C#CCCO. The number of aliphatic hydroxyl groups excluding tert-OH is 1. The minimum absolute atomic E-state index is 0.0132. The van der Waals surface area contributed by atoms with Crippen molar-refractivity contribution >= 4 is 11.8 Å². The van der Waals surface area contributed by atoms with Crippen LogP contribution in [0.5, 0.6) is 0 Å². The number of carbonyl (C=O) groups is 2. The van der Waals surface area contributed by atoms with Crippen LogP contribution in [0.25, 0.3) is 0 Å². The average Bonchev–Trinajstić information content (AvgIpc) is 2.40. The number of aliphatic hydroxyl groups is 1. The van der Waals surface area contributed by atoms with E-state index in [-0.39, 0.29) is 25.5 Å². The number of nitrogens with one attached hydrogen (secondary N) is 1.